The van der Waals surface area contributed by atoms with Crippen molar-refractivity contribution in [1.29, 1.82) is 0 Å². The molecule has 5 N–H and O–H groups in total. The molecule has 0 bridgehead atoms. The molecule has 0 aliphatic carbocycles. The van der Waals surface area contributed by atoms with E-state index in [1.165, 1.54) is 16.3 Å². The van der Waals surface area contributed by atoms with Gasteiger partial charge in [-0.2, -0.15) is 0 Å². The summed E-state index contributed by atoms with van der Waals surface area (Å²) in [6, 6.07) is 19.1. The molecule has 0 spiro atoms. The maximum absolute atomic E-state index is 14.2. The number of aliphatic imine (C=N–C) groups is 1. The fraction of sp³-hybridized carbons (Fsp3) is 0.441. The molecule has 45 heavy (non-hydrogen) atoms. The third-order valence-corrected chi connectivity index (χ3v) is 8.39. The molecule has 0 saturated carbocycles. The van der Waals surface area contributed by atoms with E-state index >= 15 is 0 Å². The summed E-state index contributed by atoms with van der Waals surface area (Å²) in [7, 11) is 0. The summed E-state index contributed by atoms with van der Waals surface area (Å²) in [6.45, 7) is 8.61. The van der Waals surface area contributed by atoms with Crippen molar-refractivity contribution >= 4 is 51.9 Å². The number of hydrogen-bond donors (Lipinski definition) is 3. The van der Waals surface area contributed by atoms with E-state index in [0.29, 0.717) is 54.6 Å². The second kappa shape index (κ2) is 15.7. The normalized spacial score (nSPS) is 16.3. The first-order valence-corrected chi connectivity index (χ1v) is 16.1. The van der Waals surface area contributed by atoms with Crippen LogP contribution in [0.3, 0.4) is 0 Å². The van der Waals surface area contributed by atoms with Gasteiger partial charge in [-0.05, 0) is 74.1 Å². The van der Waals surface area contributed by atoms with Crippen LogP contribution >= 0.6 is 23.2 Å². The minimum absolute atomic E-state index is 0.0463. The molecule has 2 amide bonds. The van der Waals surface area contributed by atoms with E-state index in [-0.39, 0.29) is 24.3 Å². The van der Waals surface area contributed by atoms with E-state index in [9.17, 15) is 9.59 Å². The molecule has 3 aromatic carbocycles. The molecule has 1 aliphatic rings. The van der Waals surface area contributed by atoms with Gasteiger partial charge < -0.3 is 26.4 Å². The number of guanidine groups is 1. The summed E-state index contributed by atoms with van der Waals surface area (Å²) in [4.78, 5) is 35.6. The molecule has 1 heterocycles. The van der Waals surface area contributed by atoms with Crippen molar-refractivity contribution in [3.63, 3.8) is 0 Å². The Balaban J connectivity index is 1.51. The highest BCUT2D eigenvalue weighted by atomic mass is 35.5. The fourth-order valence-electron chi connectivity index (χ4n) is 5.63. The Morgan fingerprint density at radius 3 is 2.51 bits per heavy atom. The average Bonchev–Trinajstić information content (AvgIpc) is 2.97. The Morgan fingerprint density at radius 1 is 1.04 bits per heavy atom. The van der Waals surface area contributed by atoms with Gasteiger partial charge in [0, 0.05) is 55.2 Å². The first-order valence-electron chi connectivity index (χ1n) is 15.4. The summed E-state index contributed by atoms with van der Waals surface area (Å²) >= 11 is 12.6. The maximum Gasteiger partial charge on any atom is 0.408 e. The lowest BCUT2D eigenvalue weighted by atomic mass is 10.00. The van der Waals surface area contributed by atoms with Crippen LogP contribution in [0.2, 0.25) is 10.0 Å². The molecule has 9 nitrogen and oxygen atoms in total. The quantitative estimate of drug-likeness (QED) is 0.145. The smallest absolute Gasteiger partial charge is 0.408 e. The Labute approximate surface area is 275 Å². The number of halogens is 2. The summed E-state index contributed by atoms with van der Waals surface area (Å²) in [5, 5.41) is 6.20. The molecule has 1 saturated heterocycles. The summed E-state index contributed by atoms with van der Waals surface area (Å²) in [5.41, 5.74) is 12.4. The van der Waals surface area contributed by atoms with Crippen molar-refractivity contribution in [1.82, 2.24) is 15.1 Å². The van der Waals surface area contributed by atoms with E-state index in [1.54, 1.807) is 39.0 Å². The molecular formula is C34H44Cl2N6O3. The van der Waals surface area contributed by atoms with Gasteiger partial charge in [0.2, 0.25) is 5.91 Å². The average molecular weight is 656 g/mol. The zero-order valence-corrected chi connectivity index (χ0v) is 27.8. The standard InChI is InChI=1S/C34H44Cl2N6O3/c1-34(2,3)45-33(44)40-30(20-26-12-13-27(35)21-29(26)36)31(43)42-18-17-41(22-28(42)9-6-15-39-32(37)38)16-14-23-10-11-24-7-4-5-8-25(24)19-23/h4-5,7-8,10-13,19,21,28,30H,6,9,14-18,20,22H2,1-3H3,(H,40,44)(H4,37,38,39). The van der Waals surface area contributed by atoms with Crippen molar-refractivity contribution in [3.05, 3.63) is 81.8 Å². The number of carbonyl (C=O) groups is 2. The van der Waals surface area contributed by atoms with Crippen molar-refractivity contribution in [2.45, 2.75) is 64.1 Å². The van der Waals surface area contributed by atoms with Gasteiger partial charge in [0.15, 0.2) is 5.96 Å². The number of rotatable bonds is 11. The van der Waals surface area contributed by atoms with Crippen LogP contribution in [0, 0.1) is 0 Å². The Bertz CT molecular complexity index is 1500. The monoisotopic (exact) mass is 654 g/mol. The van der Waals surface area contributed by atoms with Crippen LogP contribution in [0.1, 0.15) is 44.7 Å². The molecule has 11 heteroatoms. The summed E-state index contributed by atoms with van der Waals surface area (Å²) in [5.74, 6) is -0.141. The van der Waals surface area contributed by atoms with Gasteiger partial charge in [-0.3, -0.25) is 14.7 Å². The van der Waals surface area contributed by atoms with Crippen LogP contribution in [0.15, 0.2) is 65.7 Å². The summed E-state index contributed by atoms with van der Waals surface area (Å²) in [6.07, 6.45) is 1.84. The number of nitrogens with zero attached hydrogens (tertiary/aromatic N) is 3. The van der Waals surface area contributed by atoms with Gasteiger partial charge >= 0.3 is 6.09 Å². The predicted molar refractivity (Wildman–Crippen MR) is 183 cm³/mol. The second-order valence-corrected chi connectivity index (χ2v) is 13.3. The van der Waals surface area contributed by atoms with Crippen LogP contribution in [0.4, 0.5) is 4.79 Å². The topological polar surface area (TPSA) is 126 Å². The Morgan fingerprint density at radius 2 is 1.80 bits per heavy atom. The fourth-order valence-corrected chi connectivity index (χ4v) is 6.12. The molecule has 242 valence electrons. The Kier molecular flexibility index (Phi) is 11.9. The van der Waals surface area contributed by atoms with Crippen molar-refractivity contribution in [2.75, 3.05) is 32.7 Å². The molecule has 2 unspecified atom stereocenters. The van der Waals surface area contributed by atoms with Gasteiger partial charge in [0.25, 0.3) is 0 Å². The van der Waals surface area contributed by atoms with Gasteiger partial charge in [-0.1, -0.05) is 71.7 Å². The number of carbonyl (C=O) groups excluding carboxylic acids is 2. The zero-order chi connectivity index (χ0) is 32.6. The van der Waals surface area contributed by atoms with Crippen LogP contribution in [-0.4, -0.2) is 78.2 Å². The summed E-state index contributed by atoms with van der Waals surface area (Å²) < 4.78 is 5.52. The number of amides is 2. The lowest BCUT2D eigenvalue weighted by Crippen LogP contribution is -2.60. The van der Waals surface area contributed by atoms with Crippen LogP contribution < -0.4 is 16.8 Å². The first-order chi connectivity index (χ1) is 21.4. The number of nitrogens with two attached hydrogens (primary N) is 2. The number of alkyl carbamates (subject to hydrolysis) is 1. The van der Waals surface area contributed by atoms with Gasteiger partial charge in [0.1, 0.15) is 11.6 Å². The highest BCUT2D eigenvalue weighted by molar-refractivity contribution is 6.35. The number of benzene rings is 3. The predicted octanol–water partition coefficient (Wildman–Crippen LogP) is 5.39. The highest BCUT2D eigenvalue weighted by Gasteiger charge is 2.35. The SMILES string of the molecule is CC(C)(C)OC(=O)NC(Cc1ccc(Cl)cc1Cl)C(=O)N1CCN(CCc2ccc3ccccc3c2)CC1CCCN=C(N)N. The minimum Gasteiger partial charge on any atom is -0.444 e. The largest absolute Gasteiger partial charge is 0.444 e. The first kappa shape index (κ1) is 34.3. The van der Waals surface area contributed by atoms with Gasteiger partial charge in [-0.15, -0.1) is 0 Å². The van der Waals surface area contributed by atoms with Crippen molar-refractivity contribution < 1.29 is 14.3 Å². The molecule has 0 aromatic heterocycles. The van der Waals surface area contributed by atoms with Gasteiger partial charge in [0.05, 0.1) is 0 Å². The zero-order valence-electron chi connectivity index (χ0n) is 26.3. The van der Waals surface area contributed by atoms with Gasteiger partial charge in [-0.25, -0.2) is 4.79 Å². The third kappa shape index (κ3) is 10.5. The van der Waals surface area contributed by atoms with Crippen LogP contribution in [-0.2, 0) is 22.4 Å². The van der Waals surface area contributed by atoms with E-state index in [2.05, 4.69) is 51.6 Å². The lowest BCUT2D eigenvalue weighted by molar-refractivity contribution is -0.138. The van der Waals surface area contributed by atoms with E-state index in [4.69, 9.17) is 39.4 Å². The van der Waals surface area contributed by atoms with E-state index in [0.717, 1.165) is 13.0 Å². The molecule has 3 aromatic rings. The number of piperazine rings is 1. The molecule has 2 atom stereocenters. The molecule has 1 fully saturated rings. The van der Waals surface area contributed by atoms with Crippen molar-refractivity contribution in [2.24, 2.45) is 16.5 Å². The molecule has 0 radical (unpaired) electrons. The minimum atomic E-state index is -0.886. The molecular weight excluding hydrogens is 611 g/mol. The number of nitrogens with one attached hydrogen (secondary N) is 1. The van der Waals surface area contributed by atoms with E-state index < -0.39 is 17.7 Å². The number of ether oxygens (including phenoxy) is 1. The third-order valence-electron chi connectivity index (χ3n) is 7.80. The molecule has 1 aliphatic heterocycles. The second-order valence-electron chi connectivity index (χ2n) is 12.5. The molecule has 4 rings (SSSR count). The van der Waals surface area contributed by atoms with E-state index in [1.807, 2.05) is 11.0 Å². The van der Waals surface area contributed by atoms with Crippen LogP contribution in [0.5, 0.6) is 0 Å². The van der Waals surface area contributed by atoms with Crippen LogP contribution in [0.25, 0.3) is 10.8 Å². The maximum atomic E-state index is 14.2. The number of hydrogen-bond acceptors (Lipinski definition) is 5. The lowest BCUT2D eigenvalue weighted by Gasteiger charge is -2.43. The van der Waals surface area contributed by atoms with Crippen molar-refractivity contribution in [3.8, 4) is 0 Å². The highest BCUT2D eigenvalue weighted by Crippen LogP contribution is 2.24. The number of fused-ring (bicyclic) bond motifs is 1. The Hall–Kier alpha value is -3.53.